The Bertz CT molecular complexity index is 824. The van der Waals surface area contributed by atoms with Crippen LogP contribution in [0, 0.1) is 0 Å². The Morgan fingerprint density at radius 1 is 1.08 bits per heavy atom. The monoisotopic (exact) mass is 318 g/mol. The van der Waals surface area contributed by atoms with Crippen molar-refractivity contribution in [1.82, 2.24) is 9.97 Å². The van der Waals surface area contributed by atoms with Gasteiger partial charge in [0.1, 0.15) is 11.6 Å². The minimum absolute atomic E-state index is 0.367. The second-order valence-electron chi connectivity index (χ2n) is 6.96. The Labute approximate surface area is 142 Å². The molecule has 122 valence electrons. The average molecular weight is 318 g/mol. The van der Waals surface area contributed by atoms with Crippen LogP contribution in [-0.2, 0) is 12.8 Å². The molecule has 2 heterocycles. The number of fused-ring (bicyclic) bond motifs is 2. The highest BCUT2D eigenvalue weighted by atomic mass is 15.1. The predicted octanol–water partition coefficient (Wildman–Crippen LogP) is 4.11. The van der Waals surface area contributed by atoms with Crippen LogP contribution in [0.4, 0.5) is 11.6 Å². The molecule has 2 aliphatic carbocycles. The normalized spacial score (nSPS) is 21.2. The van der Waals surface area contributed by atoms with Crippen molar-refractivity contribution in [3.8, 4) is 0 Å². The fourth-order valence-corrected chi connectivity index (χ4v) is 4.18. The number of nitrogens with one attached hydrogen (secondary N) is 2. The van der Waals surface area contributed by atoms with Gasteiger partial charge in [0, 0.05) is 12.1 Å². The Kier molecular flexibility index (Phi) is 3.28. The van der Waals surface area contributed by atoms with Gasteiger partial charge < -0.3 is 10.6 Å². The number of benzene rings is 1. The van der Waals surface area contributed by atoms with Crippen LogP contribution in [0.5, 0.6) is 0 Å². The largest absolute Gasteiger partial charge is 0.369 e. The number of nitrogens with zero attached hydrogens (tertiary/aromatic N) is 2. The average Bonchev–Trinajstić information content (AvgIpc) is 3.35. The lowest BCUT2D eigenvalue weighted by molar-refractivity contribution is 0.754. The van der Waals surface area contributed by atoms with Crippen LogP contribution in [0.2, 0.25) is 0 Å². The maximum atomic E-state index is 4.93. The van der Waals surface area contributed by atoms with Crippen LogP contribution in [0.3, 0.4) is 0 Å². The van der Waals surface area contributed by atoms with E-state index in [1.54, 1.807) is 0 Å². The predicted molar refractivity (Wildman–Crippen MR) is 97.2 cm³/mol. The molecule has 1 aromatic heterocycles. The summed E-state index contributed by atoms with van der Waals surface area (Å²) in [7, 11) is 0. The number of anilines is 2. The molecule has 0 saturated heterocycles. The summed E-state index contributed by atoms with van der Waals surface area (Å²) in [6.45, 7) is 0.961. The molecule has 2 aromatic rings. The first-order chi connectivity index (χ1) is 11.9. The van der Waals surface area contributed by atoms with Gasteiger partial charge in [-0.1, -0.05) is 30.3 Å². The molecule has 24 heavy (non-hydrogen) atoms. The van der Waals surface area contributed by atoms with Crippen LogP contribution in [0.15, 0.2) is 30.3 Å². The molecule has 5 rings (SSSR count). The molecule has 1 atom stereocenters. The standard InChI is InChI=1S/C20H22N4/c1-2-7-14(6-1)18-23-19-16(11-12-21-19)20(24-18)22-17-10-9-13-5-3-4-8-15(13)17/h3-6,8,17H,1-2,7,9-12H2,(H2,21,22,23,24)/t17-/m0/s1. The molecule has 0 saturated carbocycles. The third kappa shape index (κ3) is 2.29. The molecular weight excluding hydrogens is 296 g/mol. The number of rotatable bonds is 3. The summed E-state index contributed by atoms with van der Waals surface area (Å²) in [6.07, 6.45) is 9.08. The Balaban J connectivity index is 1.51. The second kappa shape index (κ2) is 5.62. The van der Waals surface area contributed by atoms with Gasteiger partial charge >= 0.3 is 0 Å². The molecule has 1 aliphatic heterocycles. The topological polar surface area (TPSA) is 49.8 Å². The van der Waals surface area contributed by atoms with Gasteiger partial charge in [-0.05, 0) is 55.2 Å². The highest BCUT2D eigenvalue weighted by molar-refractivity contribution is 5.69. The molecular formula is C20H22N4. The number of hydrogen-bond donors (Lipinski definition) is 2. The highest BCUT2D eigenvalue weighted by Gasteiger charge is 2.26. The fourth-order valence-electron chi connectivity index (χ4n) is 4.18. The van der Waals surface area contributed by atoms with Crippen LogP contribution in [0.1, 0.15) is 54.2 Å². The maximum Gasteiger partial charge on any atom is 0.159 e. The zero-order valence-electron chi connectivity index (χ0n) is 13.8. The summed E-state index contributed by atoms with van der Waals surface area (Å²) in [6, 6.07) is 9.14. The molecule has 0 radical (unpaired) electrons. The highest BCUT2D eigenvalue weighted by Crippen LogP contribution is 2.37. The molecule has 0 bridgehead atoms. The van der Waals surface area contributed by atoms with E-state index in [0.29, 0.717) is 6.04 Å². The first-order valence-electron chi connectivity index (χ1n) is 9.07. The van der Waals surface area contributed by atoms with Crippen molar-refractivity contribution in [2.45, 2.75) is 44.6 Å². The summed E-state index contributed by atoms with van der Waals surface area (Å²) in [5, 5.41) is 7.17. The lowest BCUT2D eigenvalue weighted by atomic mass is 10.1. The van der Waals surface area contributed by atoms with E-state index in [4.69, 9.17) is 9.97 Å². The lowest BCUT2D eigenvalue weighted by Gasteiger charge is -2.18. The van der Waals surface area contributed by atoms with Crippen LogP contribution in [0.25, 0.3) is 5.57 Å². The van der Waals surface area contributed by atoms with E-state index >= 15 is 0 Å². The fraction of sp³-hybridized carbons (Fsp3) is 0.400. The van der Waals surface area contributed by atoms with Crippen LogP contribution in [-0.4, -0.2) is 16.5 Å². The summed E-state index contributed by atoms with van der Waals surface area (Å²) >= 11 is 0. The van der Waals surface area contributed by atoms with Gasteiger partial charge in [-0.25, -0.2) is 9.97 Å². The van der Waals surface area contributed by atoms with Gasteiger partial charge in [-0.2, -0.15) is 0 Å². The smallest absolute Gasteiger partial charge is 0.159 e. The summed E-state index contributed by atoms with van der Waals surface area (Å²) in [5.41, 5.74) is 5.46. The van der Waals surface area contributed by atoms with Crippen LogP contribution >= 0.6 is 0 Å². The first-order valence-corrected chi connectivity index (χ1v) is 9.07. The molecule has 4 nitrogen and oxygen atoms in total. The summed E-state index contributed by atoms with van der Waals surface area (Å²) in [4.78, 5) is 9.72. The van der Waals surface area contributed by atoms with Crippen molar-refractivity contribution in [3.05, 3.63) is 52.9 Å². The van der Waals surface area contributed by atoms with Crippen molar-refractivity contribution in [1.29, 1.82) is 0 Å². The van der Waals surface area contributed by atoms with E-state index in [2.05, 4.69) is 41.0 Å². The van der Waals surface area contributed by atoms with E-state index in [9.17, 15) is 0 Å². The number of allylic oxidation sites excluding steroid dienone is 2. The number of hydrogen-bond acceptors (Lipinski definition) is 4. The molecule has 0 fully saturated rings. The SMILES string of the molecule is C1=C(c2nc3c(c(N[C@H]4CCc5ccccc54)n2)CCN3)CCC1. The molecule has 0 unspecified atom stereocenters. The van der Waals surface area contributed by atoms with Gasteiger partial charge in [0.05, 0.1) is 6.04 Å². The molecule has 3 aliphatic rings. The van der Waals surface area contributed by atoms with E-state index in [1.807, 2.05) is 0 Å². The van der Waals surface area contributed by atoms with Gasteiger partial charge in [0.25, 0.3) is 0 Å². The Morgan fingerprint density at radius 3 is 2.96 bits per heavy atom. The number of aryl methyl sites for hydroxylation is 1. The third-order valence-electron chi connectivity index (χ3n) is 5.45. The summed E-state index contributed by atoms with van der Waals surface area (Å²) in [5.74, 6) is 2.98. The zero-order valence-corrected chi connectivity index (χ0v) is 13.8. The van der Waals surface area contributed by atoms with Gasteiger partial charge in [-0.3, -0.25) is 0 Å². The molecule has 0 amide bonds. The van der Waals surface area contributed by atoms with Crippen LogP contribution < -0.4 is 10.6 Å². The van der Waals surface area contributed by atoms with Gasteiger partial charge in [0.15, 0.2) is 5.82 Å². The molecule has 2 N–H and O–H groups in total. The minimum atomic E-state index is 0.367. The summed E-state index contributed by atoms with van der Waals surface area (Å²) < 4.78 is 0. The van der Waals surface area contributed by atoms with Crippen molar-refractivity contribution in [2.24, 2.45) is 0 Å². The van der Waals surface area contributed by atoms with E-state index in [0.717, 1.165) is 56.1 Å². The minimum Gasteiger partial charge on any atom is -0.369 e. The second-order valence-corrected chi connectivity index (χ2v) is 6.96. The maximum absolute atomic E-state index is 4.93. The van der Waals surface area contributed by atoms with Crippen molar-refractivity contribution < 1.29 is 0 Å². The Morgan fingerprint density at radius 2 is 2.04 bits per heavy atom. The van der Waals surface area contributed by atoms with E-state index in [-0.39, 0.29) is 0 Å². The Hall–Kier alpha value is -2.36. The van der Waals surface area contributed by atoms with Crippen molar-refractivity contribution in [3.63, 3.8) is 0 Å². The van der Waals surface area contributed by atoms with Gasteiger partial charge in [-0.15, -0.1) is 0 Å². The van der Waals surface area contributed by atoms with E-state index < -0.39 is 0 Å². The number of aromatic nitrogens is 2. The lowest BCUT2D eigenvalue weighted by Crippen LogP contribution is -2.12. The first kappa shape index (κ1) is 14.0. The molecule has 1 aromatic carbocycles. The quantitative estimate of drug-likeness (QED) is 0.894. The molecule has 4 heteroatoms. The third-order valence-corrected chi connectivity index (χ3v) is 5.45. The van der Waals surface area contributed by atoms with Crippen molar-refractivity contribution >= 4 is 17.2 Å². The van der Waals surface area contributed by atoms with Crippen molar-refractivity contribution in [2.75, 3.05) is 17.2 Å². The zero-order chi connectivity index (χ0) is 15.9. The molecule has 0 spiro atoms. The van der Waals surface area contributed by atoms with Gasteiger partial charge in [0.2, 0.25) is 0 Å². The van der Waals surface area contributed by atoms with E-state index in [1.165, 1.54) is 28.7 Å².